The molecule has 0 fully saturated rings. The maximum absolute atomic E-state index is 12.3. The quantitative estimate of drug-likeness (QED) is 0.397. The summed E-state index contributed by atoms with van der Waals surface area (Å²) in [7, 11) is 3.23. The van der Waals surface area contributed by atoms with Gasteiger partial charge in [0.1, 0.15) is 11.5 Å². The third-order valence-corrected chi connectivity index (χ3v) is 5.26. The van der Waals surface area contributed by atoms with Gasteiger partial charge in [-0.2, -0.15) is 5.10 Å². The summed E-state index contributed by atoms with van der Waals surface area (Å²) < 4.78 is 10.9. The fourth-order valence-electron chi connectivity index (χ4n) is 2.52. The fourth-order valence-corrected chi connectivity index (χ4v) is 3.51. The second kappa shape index (κ2) is 10.2. The number of hydrogen-bond acceptors (Lipinski definition) is 5. The van der Waals surface area contributed by atoms with Crippen LogP contribution < -0.4 is 14.9 Å². The van der Waals surface area contributed by atoms with Gasteiger partial charge in [0, 0.05) is 21.0 Å². The van der Waals surface area contributed by atoms with Crippen LogP contribution in [-0.4, -0.2) is 31.6 Å². The molecule has 0 spiro atoms. The minimum absolute atomic E-state index is 0.186. The number of nitrogens with one attached hydrogen (secondary N) is 1. The van der Waals surface area contributed by atoms with Crippen molar-refractivity contribution in [2.24, 2.45) is 5.10 Å². The molecule has 0 aliphatic heterocycles. The molecule has 0 aliphatic carbocycles. The average molecular weight is 407 g/mol. The van der Waals surface area contributed by atoms with Crippen molar-refractivity contribution in [2.75, 3.05) is 14.2 Å². The van der Waals surface area contributed by atoms with E-state index in [4.69, 9.17) is 21.1 Å². The third kappa shape index (κ3) is 5.65. The summed E-state index contributed by atoms with van der Waals surface area (Å²) in [6.07, 6.45) is 2.34. The Bertz CT molecular complexity index is 810. The van der Waals surface area contributed by atoms with Crippen molar-refractivity contribution in [1.29, 1.82) is 0 Å². The highest BCUT2D eigenvalue weighted by atomic mass is 35.5. The molecule has 1 N–H and O–H groups in total. The number of hydrogen-bond donors (Lipinski definition) is 1. The molecule has 0 bridgehead atoms. The van der Waals surface area contributed by atoms with Gasteiger partial charge in [0.25, 0.3) is 5.91 Å². The van der Waals surface area contributed by atoms with E-state index in [1.54, 1.807) is 32.6 Å². The molecular formula is C20H23ClN2O3S. The zero-order valence-corrected chi connectivity index (χ0v) is 17.4. The second-order valence-electron chi connectivity index (χ2n) is 5.67. The largest absolute Gasteiger partial charge is 0.496 e. The Morgan fingerprint density at radius 3 is 2.52 bits per heavy atom. The summed E-state index contributed by atoms with van der Waals surface area (Å²) in [4.78, 5) is 13.2. The lowest BCUT2D eigenvalue weighted by molar-refractivity contribution is -0.120. The second-order valence-corrected chi connectivity index (χ2v) is 7.52. The highest BCUT2D eigenvalue weighted by molar-refractivity contribution is 8.00. The van der Waals surface area contributed by atoms with Gasteiger partial charge in [-0.1, -0.05) is 18.5 Å². The number of carbonyl (C=O) groups excluding carboxylic acids is 1. The molecule has 0 aliphatic rings. The van der Waals surface area contributed by atoms with Gasteiger partial charge >= 0.3 is 0 Å². The molecule has 0 aromatic heterocycles. The highest BCUT2D eigenvalue weighted by Gasteiger charge is 2.15. The molecule has 2 aromatic carbocycles. The number of halogens is 1. The van der Waals surface area contributed by atoms with Gasteiger partial charge < -0.3 is 9.47 Å². The van der Waals surface area contributed by atoms with E-state index in [1.165, 1.54) is 11.8 Å². The zero-order chi connectivity index (χ0) is 19.8. The van der Waals surface area contributed by atoms with Gasteiger partial charge in [-0.15, -0.1) is 11.8 Å². The summed E-state index contributed by atoms with van der Waals surface area (Å²) in [6, 6.07) is 11.1. The Labute approximate surface area is 169 Å². The average Bonchev–Trinajstić information content (AvgIpc) is 2.68. The van der Waals surface area contributed by atoms with Crippen molar-refractivity contribution in [3.63, 3.8) is 0 Å². The van der Waals surface area contributed by atoms with Gasteiger partial charge in [0.2, 0.25) is 0 Å². The lowest BCUT2D eigenvalue weighted by atomic mass is 10.1. The Morgan fingerprint density at radius 2 is 1.93 bits per heavy atom. The molecule has 0 saturated heterocycles. The Balaban J connectivity index is 2.03. The monoisotopic (exact) mass is 406 g/mol. The first-order chi connectivity index (χ1) is 13.0. The van der Waals surface area contributed by atoms with Crippen LogP contribution >= 0.6 is 23.4 Å². The fraction of sp³-hybridized carbons (Fsp3) is 0.300. The van der Waals surface area contributed by atoms with E-state index in [9.17, 15) is 4.79 Å². The van der Waals surface area contributed by atoms with E-state index in [0.29, 0.717) is 10.8 Å². The Hall–Kier alpha value is -2.18. The van der Waals surface area contributed by atoms with Crippen molar-refractivity contribution in [2.45, 2.75) is 30.4 Å². The van der Waals surface area contributed by atoms with Crippen molar-refractivity contribution in [1.82, 2.24) is 5.43 Å². The van der Waals surface area contributed by atoms with Crippen LogP contribution in [0.2, 0.25) is 5.02 Å². The van der Waals surface area contributed by atoms with Crippen LogP contribution in [-0.2, 0) is 11.2 Å². The Morgan fingerprint density at radius 1 is 1.22 bits per heavy atom. The molecule has 1 amide bonds. The van der Waals surface area contributed by atoms with Crippen molar-refractivity contribution in [3.05, 3.63) is 52.5 Å². The van der Waals surface area contributed by atoms with Crippen LogP contribution in [0.15, 0.2) is 46.4 Å². The molecule has 144 valence electrons. The number of methoxy groups -OCH3 is 2. The molecule has 0 heterocycles. The minimum Gasteiger partial charge on any atom is -0.496 e. The first-order valence-electron chi connectivity index (χ1n) is 8.49. The Kier molecular flexibility index (Phi) is 8.00. The number of rotatable bonds is 8. The molecule has 0 saturated carbocycles. The highest BCUT2D eigenvalue weighted by Crippen LogP contribution is 2.31. The van der Waals surface area contributed by atoms with E-state index < -0.39 is 0 Å². The minimum atomic E-state index is -0.299. The van der Waals surface area contributed by atoms with Crippen molar-refractivity contribution < 1.29 is 14.3 Å². The van der Waals surface area contributed by atoms with Crippen molar-refractivity contribution >= 4 is 35.5 Å². The van der Waals surface area contributed by atoms with Crippen LogP contribution in [0.25, 0.3) is 0 Å². The predicted octanol–water partition coefficient (Wildman–Crippen LogP) is 4.55. The van der Waals surface area contributed by atoms with E-state index in [0.717, 1.165) is 28.2 Å². The molecule has 0 radical (unpaired) electrons. The maximum Gasteiger partial charge on any atom is 0.253 e. The molecule has 2 rings (SSSR count). The predicted molar refractivity (Wildman–Crippen MR) is 111 cm³/mol. The number of ether oxygens (including phenoxy) is 2. The molecule has 2 aromatic rings. The topological polar surface area (TPSA) is 59.9 Å². The van der Waals surface area contributed by atoms with E-state index >= 15 is 0 Å². The number of benzene rings is 2. The third-order valence-electron chi connectivity index (χ3n) is 3.90. The van der Waals surface area contributed by atoms with E-state index in [2.05, 4.69) is 10.5 Å². The first-order valence-corrected chi connectivity index (χ1v) is 9.74. The lowest BCUT2D eigenvalue weighted by Crippen LogP contribution is -2.26. The molecular weight excluding hydrogens is 384 g/mol. The summed E-state index contributed by atoms with van der Waals surface area (Å²) in [5.41, 5.74) is 4.31. The summed E-state index contributed by atoms with van der Waals surface area (Å²) in [5.74, 6) is 1.27. The van der Waals surface area contributed by atoms with Crippen LogP contribution in [0, 0.1) is 0 Å². The van der Waals surface area contributed by atoms with Gasteiger partial charge in [0.05, 0.1) is 25.7 Å². The summed E-state index contributed by atoms with van der Waals surface area (Å²) in [5, 5.41) is 4.45. The summed E-state index contributed by atoms with van der Waals surface area (Å²) >= 11 is 7.32. The van der Waals surface area contributed by atoms with Crippen LogP contribution in [0.4, 0.5) is 0 Å². The molecule has 7 heteroatoms. The van der Waals surface area contributed by atoms with Gasteiger partial charge in [-0.3, -0.25) is 4.79 Å². The zero-order valence-electron chi connectivity index (χ0n) is 15.8. The van der Waals surface area contributed by atoms with Gasteiger partial charge in [-0.05, 0) is 49.7 Å². The SMILES string of the molecule is CCc1c(OC)ccc(/C=N\NC(=O)[C@H](C)Sc2ccc(Cl)cc2)c1OC. The molecule has 1 atom stereocenters. The van der Waals surface area contributed by atoms with Gasteiger partial charge in [0.15, 0.2) is 0 Å². The smallest absolute Gasteiger partial charge is 0.253 e. The van der Waals surface area contributed by atoms with Crippen LogP contribution in [0.1, 0.15) is 25.0 Å². The van der Waals surface area contributed by atoms with Crippen LogP contribution in [0.5, 0.6) is 11.5 Å². The summed E-state index contributed by atoms with van der Waals surface area (Å²) in [6.45, 7) is 3.85. The maximum atomic E-state index is 12.3. The normalized spacial score (nSPS) is 12.0. The van der Waals surface area contributed by atoms with Crippen molar-refractivity contribution in [3.8, 4) is 11.5 Å². The number of thioether (sulfide) groups is 1. The molecule has 5 nitrogen and oxygen atoms in total. The number of carbonyl (C=O) groups is 1. The van der Waals surface area contributed by atoms with Crippen LogP contribution in [0.3, 0.4) is 0 Å². The standard InChI is InChI=1S/C20H23ClN2O3S/c1-5-17-18(25-3)11-6-14(19(17)26-4)12-22-23-20(24)13(2)27-16-9-7-15(21)8-10-16/h6-13H,5H2,1-4H3,(H,23,24)/b22-12-/t13-/m0/s1. The number of amides is 1. The molecule has 27 heavy (non-hydrogen) atoms. The molecule has 0 unspecified atom stereocenters. The number of hydrazone groups is 1. The first kappa shape index (κ1) is 21.1. The van der Waals surface area contributed by atoms with E-state index in [-0.39, 0.29) is 11.2 Å². The number of nitrogens with zero attached hydrogens (tertiary/aromatic N) is 1. The lowest BCUT2D eigenvalue weighted by Gasteiger charge is -2.14. The van der Waals surface area contributed by atoms with Gasteiger partial charge in [-0.25, -0.2) is 5.43 Å². The van der Waals surface area contributed by atoms with E-state index in [1.807, 2.05) is 38.1 Å².